The Morgan fingerprint density at radius 1 is 1.13 bits per heavy atom. The van der Waals surface area contributed by atoms with E-state index < -0.39 is 4.92 Å². The third-order valence-corrected chi connectivity index (χ3v) is 8.10. The molecule has 0 saturated carbocycles. The number of hydrogen-bond donors (Lipinski definition) is 1. The molecule has 1 aliphatic heterocycles. The number of nitrogens with one attached hydrogen (secondary N) is 1. The summed E-state index contributed by atoms with van der Waals surface area (Å²) in [5.41, 5.74) is 3.59. The summed E-state index contributed by atoms with van der Waals surface area (Å²) in [6.07, 6.45) is 2.47. The van der Waals surface area contributed by atoms with E-state index in [0.717, 1.165) is 53.0 Å². The van der Waals surface area contributed by atoms with Crippen LogP contribution in [0.15, 0.2) is 53.9 Å². The molecule has 11 heteroatoms. The van der Waals surface area contributed by atoms with Crippen LogP contribution in [-0.2, 0) is 6.42 Å². The number of nitro groups is 1. The number of rotatable bonds is 8. The zero-order chi connectivity index (χ0) is 27.2. The second-order valence-electron chi connectivity index (χ2n) is 9.60. The highest BCUT2D eigenvalue weighted by atomic mass is 32.1. The Bertz CT molecular complexity index is 1270. The number of anilines is 2. The predicted octanol–water partition coefficient (Wildman–Crippen LogP) is 5.01. The highest BCUT2D eigenvalue weighted by Gasteiger charge is 2.26. The van der Waals surface area contributed by atoms with Crippen molar-refractivity contribution in [1.29, 1.82) is 0 Å². The Morgan fingerprint density at radius 3 is 2.39 bits per heavy atom. The highest BCUT2D eigenvalue weighted by molar-refractivity contribution is 7.80. The number of carbonyl (C=O) groups excluding carboxylic acids is 1. The van der Waals surface area contributed by atoms with Crippen LogP contribution in [-0.4, -0.2) is 71.5 Å². The molecule has 0 spiro atoms. The van der Waals surface area contributed by atoms with E-state index in [9.17, 15) is 14.9 Å². The van der Waals surface area contributed by atoms with Crippen molar-refractivity contribution in [3.8, 4) is 0 Å². The first-order chi connectivity index (χ1) is 18.2. The lowest BCUT2D eigenvalue weighted by molar-refractivity contribution is -0.384. The minimum Gasteiger partial charge on any atom is -0.378 e. The van der Waals surface area contributed by atoms with Gasteiger partial charge < -0.3 is 20.0 Å². The smallest absolute Gasteiger partial charge is 0.273 e. The molecular weight excluding hydrogens is 520 g/mol. The topological polar surface area (TPSA) is 94.8 Å². The van der Waals surface area contributed by atoms with Crippen LogP contribution in [0.3, 0.4) is 0 Å². The van der Waals surface area contributed by atoms with E-state index in [1.807, 2.05) is 31.6 Å². The van der Waals surface area contributed by atoms with Crippen molar-refractivity contribution in [2.45, 2.75) is 25.2 Å². The van der Waals surface area contributed by atoms with Gasteiger partial charge in [-0.2, -0.15) is 0 Å². The van der Waals surface area contributed by atoms with Crippen LogP contribution >= 0.6 is 23.6 Å². The number of hydrogen-bond acceptors (Lipinski definition) is 7. The number of thiocarbonyl (C=S) groups is 1. The summed E-state index contributed by atoms with van der Waals surface area (Å²) in [5, 5.41) is 17.7. The van der Waals surface area contributed by atoms with E-state index in [1.54, 1.807) is 35.4 Å². The van der Waals surface area contributed by atoms with Crippen molar-refractivity contribution < 1.29 is 9.72 Å². The maximum Gasteiger partial charge on any atom is 0.273 e. The van der Waals surface area contributed by atoms with Gasteiger partial charge in [0.25, 0.3) is 11.6 Å². The predicted molar refractivity (Wildman–Crippen MR) is 156 cm³/mol. The van der Waals surface area contributed by atoms with E-state index in [2.05, 4.69) is 32.2 Å². The number of aromatic nitrogens is 1. The molecule has 200 valence electrons. The van der Waals surface area contributed by atoms with Crippen LogP contribution in [0.1, 0.15) is 39.8 Å². The summed E-state index contributed by atoms with van der Waals surface area (Å²) in [6, 6.07) is 14.6. The molecule has 1 N–H and O–H groups in total. The van der Waals surface area contributed by atoms with Gasteiger partial charge in [0, 0.05) is 75.6 Å². The van der Waals surface area contributed by atoms with Crippen molar-refractivity contribution in [2.24, 2.45) is 0 Å². The molecule has 0 atom stereocenters. The van der Waals surface area contributed by atoms with Gasteiger partial charge in [-0.15, -0.1) is 11.3 Å². The maximum absolute atomic E-state index is 12.9. The molecule has 2 heterocycles. The third-order valence-electron chi connectivity index (χ3n) is 6.74. The normalized spacial score (nSPS) is 13.7. The van der Waals surface area contributed by atoms with E-state index in [4.69, 9.17) is 12.2 Å². The number of amides is 1. The molecule has 2 aromatic carbocycles. The summed E-state index contributed by atoms with van der Waals surface area (Å²) < 4.78 is 0. The Labute approximate surface area is 232 Å². The van der Waals surface area contributed by atoms with Crippen LogP contribution in [0, 0.1) is 10.1 Å². The van der Waals surface area contributed by atoms with E-state index in [0.29, 0.717) is 24.6 Å². The lowest BCUT2D eigenvalue weighted by atomic mass is 9.98. The fraction of sp³-hybridized carbons (Fsp3) is 0.370. The number of benzene rings is 2. The van der Waals surface area contributed by atoms with E-state index >= 15 is 0 Å². The molecule has 1 amide bonds. The Kier molecular flexibility index (Phi) is 8.90. The molecule has 4 rings (SSSR count). The number of likely N-dealkylation sites (N-methyl/N-ethyl adjacent to an activating group) is 1. The first kappa shape index (κ1) is 27.5. The van der Waals surface area contributed by atoms with Gasteiger partial charge in [-0.1, -0.05) is 12.1 Å². The molecule has 38 heavy (non-hydrogen) atoms. The molecule has 0 aliphatic carbocycles. The highest BCUT2D eigenvalue weighted by Crippen LogP contribution is 2.31. The van der Waals surface area contributed by atoms with Crippen molar-refractivity contribution in [3.63, 3.8) is 0 Å². The number of thiazole rings is 1. The third kappa shape index (κ3) is 6.84. The molecule has 1 aromatic heterocycles. The van der Waals surface area contributed by atoms with Crippen molar-refractivity contribution in [1.82, 2.24) is 14.8 Å². The maximum atomic E-state index is 12.9. The van der Waals surface area contributed by atoms with E-state index in [-0.39, 0.29) is 11.6 Å². The first-order valence-corrected chi connectivity index (χ1v) is 13.8. The van der Waals surface area contributed by atoms with Crippen LogP contribution in [0.2, 0.25) is 0 Å². The van der Waals surface area contributed by atoms with E-state index in [1.165, 1.54) is 12.1 Å². The standard InChI is InChI=1S/C27H32N6O3S2/c1-30(2)22-10-6-21(7-11-22)28-27(37)32-16-13-20(14-17-32)25-29-24(18-38-25)26(34)31(3)15-12-19-4-8-23(9-5-19)33(35)36/h4-11,18,20H,12-17H2,1-3H3,(H,28,37). The van der Waals surface area contributed by atoms with Crippen LogP contribution in [0.25, 0.3) is 0 Å². The number of piperidine rings is 1. The molecule has 3 aromatic rings. The summed E-state index contributed by atoms with van der Waals surface area (Å²) in [7, 11) is 5.79. The molecule has 1 fully saturated rings. The second kappa shape index (κ2) is 12.3. The first-order valence-electron chi connectivity index (χ1n) is 12.5. The monoisotopic (exact) mass is 552 g/mol. The largest absolute Gasteiger partial charge is 0.378 e. The van der Waals surface area contributed by atoms with Gasteiger partial charge in [-0.05, 0) is 61.3 Å². The van der Waals surface area contributed by atoms with Crippen LogP contribution in [0.4, 0.5) is 17.1 Å². The molecule has 0 unspecified atom stereocenters. The number of nitro benzene ring substituents is 1. The lowest BCUT2D eigenvalue weighted by Crippen LogP contribution is -2.40. The number of likely N-dealkylation sites (tertiary alicyclic amines) is 1. The van der Waals surface area contributed by atoms with Crippen LogP contribution < -0.4 is 10.2 Å². The summed E-state index contributed by atoms with van der Waals surface area (Å²) >= 11 is 7.19. The summed E-state index contributed by atoms with van der Waals surface area (Å²) in [4.78, 5) is 33.9. The quantitative estimate of drug-likeness (QED) is 0.237. The van der Waals surface area contributed by atoms with Crippen molar-refractivity contribution in [2.75, 3.05) is 51.0 Å². The van der Waals surface area contributed by atoms with Crippen LogP contribution in [0.5, 0.6) is 0 Å². The van der Waals surface area contributed by atoms with Crippen molar-refractivity contribution >= 4 is 51.6 Å². The molecule has 1 aliphatic rings. The number of non-ortho nitro benzene ring substituents is 1. The minimum atomic E-state index is -0.417. The van der Waals surface area contributed by atoms with Gasteiger partial charge >= 0.3 is 0 Å². The SMILES string of the molecule is CN(CCc1ccc([N+](=O)[O-])cc1)C(=O)c1csc(C2CCN(C(=S)Nc3ccc(N(C)C)cc3)CC2)n1. The second-order valence-corrected chi connectivity index (χ2v) is 10.9. The zero-order valence-corrected chi connectivity index (χ0v) is 23.4. The molecule has 0 bridgehead atoms. The number of nitrogens with zero attached hydrogens (tertiary/aromatic N) is 5. The molecule has 0 radical (unpaired) electrons. The lowest BCUT2D eigenvalue weighted by Gasteiger charge is -2.33. The van der Waals surface area contributed by atoms with Gasteiger partial charge in [-0.3, -0.25) is 14.9 Å². The Balaban J connectivity index is 1.25. The average Bonchev–Trinajstić information content (AvgIpc) is 3.42. The fourth-order valence-corrected chi connectivity index (χ4v) is 5.59. The Hall–Kier alpha value is -3.57. The summed E-state index contributed by atoms with van der Waals surface area (Å²) in [6.45, 7) is 2.18. The van der Waals surface area contributed by atoms with Gasteiger partial charge in [0.05, 0.1) is 9.93 Å². The van der Waals surface area contributed by atoms with Gasteiger partial charge in [-0.25, -0.2) is 4.98 Å². The Morgan fingerprint density at radius 2 is 1.79 bits per heavy atom. The minimum absolute atomic E-state index is 0.0620. The average molecular weight is 553 g/mol. The zero-order valence-electron chi connectivity index (χ0n) is 21.8. The molecule has 1 saturated heterocycles. The number of carbonyl (C=O) groups is 1. The van der Waals surface area contributed by atoms with Gasteiger partial charge in [0.2, 0.25) is 0 Å². The van der Waals surface area contributed by atoms with Gasteiger partial charge in [0.1, 0.15) is 5.69 Å². The fourth-order valence-electron chi connectivity index (χ4n) is 4.33. The summed E-state index contributed by atoms with van der Waals surface area (Å²) in [5.74, 6) is 0.197. The molecular formula is C27H32N6O3S2. The van der Waals surface area contributed by atoms with Crippen molar-refractivity contribution in [3.05, 3.63) is 80.3 Å². The molecule has 9 nitrogen and oxygen atoms in total. The van der Waals surface area contributed by atoms with Gasteiger partial charge in [0.15, 0.2) is 5.11 Å².